The van der Waals surface area contributed by atoms with Gasteiger partial charge in [-0.15, -0.1) is 0 Å². The second-order valence-electron chi connectivity index (χ2n) is 11.7. The number of rotatable bonds is 8. The summed E-state index contributed by atoms with van der Waals surface area (Å²) < 4.78 is 49.1. The Hall–Kier alpha value is -4.49. The number of halogens is 3. The molecule has 0 radical (unpaired) electrons. The van der Waals surface area contributed by atoms with Crippen LogP contribution in [0.15, 0.2) is 54.7 Å². The van der Waals surface area contributed by atoms with Crippen LogP contribution in [0.5, 0.6) is 5.75 Å². The summed E-state index contributed by atoms with van der Waals surface area (Å²) in [6, 6.07) is 13.0. The molecule has 13 heteroatoms. The molecule has 3 heterocycles. The molecule has 1 aliphatic rings. The zero-order valence-electron chi connectivity index (χ0n) is 26.3. The first-order chi connectivity index (χ1) is 21.8. The number of nitrogens with zero attached hydrogens (tertiary/aromatic N) is 5. The largest absolute Gasteiger partial charge is 0.497 e. The van der Waals surface area contributed by atoms with E-state index in [0.29, 0.717) is 34.6 Å². The summed E-state index contributed by atoms with van der Waals surface area (Å²) in [5.41, 5.74) is 0.527. The molecule has 4 aromatic rings. The van der Waals surface area contributed by atoms with Gasteiger partial charge in [-0.05, 0) is 49.7 Å². The summed E-state index contributed by atoms with van der Waals surface area (Å²) in [7, 11) is 1.49. The lowest BCUT2D eigenvalue weighted by molar-refractivity contribution is -0.143. The van der Waals surface area contributed by atoms with Crippen LogP contribution in [0.25, 0.3) is 16.9 Å². The molecule has 1 aliphatic heterocycles. The van der Waals surface area contributed by atoms with Crippen LogP contribution in [0, 0.1) is 12.8 Å². The van der Waals surface area contributed by atoms with Crippen molar-refractivity contribution in [1.29, 1.82) is 0 Å². The van der Waals surface area contributed by atoms with E-state index in [4.69, 9.17) is 4.74 Å². The van der Waals surface area contributed by atoms with Crippen LogP contribution >= 0.6 is 0 Å². The molecule has 46 heavy (non-hydrogen) atoms. The number of hydrogen-bond donors (Lipinski definition) is 2. The molecule has 1 fully saturated rings. The highest BCUT2D eigenvalue weighted by Gasteiger charge is 2.40. The first-order valence-corrected chi connectivity index (χ1v) is 15.0. The first kappa shape index (κ1) is 32.9. The van der Waals surface area contributed by atoms with Gasteiger partial charge in [0.15, 0.2) is 11.3 Å². The Bertz CT molecular complexity index is 1740. The quantitative estimate of drug-likeness (QED) is 0.273. The van der Waals surface area contributed by atoms with Crippen LogP contribution in [-0.2, 0) is 11.0 Å². The molecule has 5 rings (SSSR count). The van der Waals surface area contributed by atoms with Crippen LogP contribution < -0.4 is 10.1 Å². The molecule has 0 bridgehead atoms. The third kappa shape index (κ3) is 6.29. The van der Waals surface area contributed by atoms with Crippen molar-refractivity contribution in [1.82, 2.24) is 24.4 Å². The van der Waals surface area contributed by atoms with Gasteiger partial charge < -0.3 is 20.1 Å². The fourth-order valence-electron chi connectivity index (χ4n) is 5.90. The Balaban J connectivity index is 1.45. The van der Waals surface area contributed by atoms with E-state index in [9.17, 15) is 27.9 Å². The van der Waals surface area contributed by atoms with E-state index in [1.54, 1.807) is 49.1 Å². The summed E-state index contributed by atoms with van der Waals surface area (Å²) in [5, 5.41) is 17.4. The Kier molecular flexibility index (Phi) is 9.36. The Morgan fingerprint density at radius 1 is 1.11 bits per heavy atom. The second kappa shape index (κ2) is 13.1. The molecule has 2 amide bonds. The normalized spacial score (nSPS) is 16.6. The molecular weight excluding hydrogens is 601 g/mol. The molecule has 2 aromatic carbocycles. The molecule has 10 nitrogen and oxygen atoms in total. The van der Waals surface area contributed by atoms with E-state index in [1.165, 1.54) is 14.0 Å². The molecular formula is C33H37F3N6O4. The van der Waals surface area contributed by atoms with Gasteiger partial charge >= 0.3 is 6.18 Å². The molecule has 244 valence electrons. The molecule has 0 spiro atoms. The van der Waals surface area contributed by atoms with Gasteiger partial charge in [-0.2, -0.15) is 18.3 Å². The van der Waals surface area contributed by atoms with Crippen molar-refractivity contribution in [3.05, 3.63) is 77.1 Å². The minimum Gasteiger partial charge on any atom is -0.497 e. The molecule has 2 atom stereocenters. The molecule has 0 saturated carbocycles. The van der Waals surface area contributed by atoms with E-state index in [0.717, 1.165) is 11.8 Å². The highest BCUT2D eigenvalue weighted by Crippen LogP contribution is 2.37. The standard InChI is InChI=1S/C33H37F3N6O4/c1-19(2)31(44)38-26-9-7-6-8-24(26)27(18-43)40-14-15-41(20(3)17-40)32(45)25-16-37-42-29(33(34,35)36)21(4)28(39-30(25)42)22-10-12-23(46-5)13-11-22/h6-13,16,19-20,27,43H,14-15,17-18H2,1-5H3,(H,38,44)/t20-,27-/m1/s1. The zero-order chi connectivity index (χ0) is 33.3. The van der Waals surface area contributed by atoms with Crippen LogP contribution in [0.3, 0.4) is 0 Å². The topological polar surface area (TPSA) is 112 Å². The number of amides is 2. The summed E-state index contributed by atoms with van der Waals surface area (Å²) in [6.07, 6.45) is -3.62. The molecule has 0 unspecified atom stereocenters. The molecule has 1 saturated heterocycles. The molecule has 0 aliphatic carbocycles. The lowest BCUT2D eigenvalue weighted by Gasteiger charge is -2.43. The van der Waals surface area contributed by atoms with Gasteiger partial charge in [0, 0.05) is 48.4 Å². The number of fused-ring (bicyclic) bond motifs is 1. The van der Waals surface area contributed by atoms with Crippen molar-refractivity contribution in [2.45, 2.75) is 46.0 Å². The second-order valence-corrected chi connectivity index (χ2v) is 11.7. The minimum absolute atomic E-state index is 0.0407. The number of carbonyl (C=O) groups excluding carboxylic acids is 2. The third-order valence-corrected chi connectivity index (χ3v) is 8.38. The maximum absolute atomic E-state index is 14.4. The van der Waals surface area contributed by atoms with Crippen molar-refractivity contribution in [3.63, 3.8) is 0 Å². The highest BCUT2D eigenvalue weighted by atomic mass is 19.4. The van der Waals surface area contributed by atoms with Gasteiger partial charge in [0.25, 0.3) is 5.91 Å². The third-order valence-electron chi connectivity index (χ3n) is 8.38. The van der Waals surface area contributed by atoms with Gasteiger partial charge in [-0.3, -0.25) is 14.5 Å². The fourth-order valence-corrected chi connectivity index (χ4v) is 5.90. The van der Waals surface area contributed by atoms with Gasteiger partial charge in [0.2, 0.25) is 5.91 Å². The number of anilines is 1. The minimum atomic E-state index is -4.76. The average Bonchev–Trinajstić information content (AvgIpc) is 3.44. The number of methoxy groups -OCH3 is 1. The first-order valence-electron chi connectivity index (χ1n) is 15.0. The Labute approximate surface area is 264 Å². The maximum Gasteiger partial charge on any atom is 0.433 e. The number of nitrogens with one attached hydrogen (secondary N) is 1. The number of para-hydroxylation sites is 1. The number of ether oxygens (including phenoxy) is 1. The number of aromatic nitrogens is 3. The fraction of sp³-hybridized carbons (Fsp3) is 0.394. The Morgan fingerprint density at radius 3 is 2.41 bits per heavy atom. The van der Waals surface area contributed by atoms with Gasteiger partial charge in [-0.1, -0.05) is 32.0 Å². The summed E-state index contributed by atoms with van der Waals surface area (Å²) in [5.74, 6) is -0.321. The number of alkyl halides is 3. The van der Waals surface area contributed by atoms with Crippen LogP contribution in [0.4, 0.5) is 18.9 Å². The lowest BCUT2D eigenvalue weighted by Crippen LogP contribution is -2.55. The van der Waals surface area contributed by atoms with Crippen molar-refractivity contribution >= 4 is 23.1 Å². The smallest absolute Gasteiger partial charge is 0.433 e. The van der Waals surface area contributed by atoms with Gasteiger partial charge in [-0.25, -0.2) is 9.50 Å². The van der Waals surface area contributed by atoms with Gasteiger partial charge in [0.05, 0.1) is 31.6 Å². The predicted octanol–water partition coefficient (Wildman–Crippen LogP) is 5.21. The lowest BCUT2D eigenvalue weighted by atomic mass is 10.0. The van der Waals surface area contributed by atoms with Gasteiger partial charge in [0.1, 0.15) is 11.3 Å². The number of aliphatic hydroxyl groups excluding tert-OH is 1. The Morgan fingerprint density at radius 2 is 1.80 bits per heavy atom. The number of aliphatic hydroxyl groups is 1. The highest BCUT2D eigenvalue weighted by molar-refractivity contribution is 6.00. The van der Waals surface area contributed by atoms with Crippen molar-refractivity contribution in [2.75, 3.05) is 38.7 Å². The summed E-state index contributed by atoms with van der Waals surface area (Å²) in [4.78, 5) is 34.6. The summed E-state index contributed by atoms with van der Waals surface area (Å²) in [6.45, 7) is 7.55. The zero-order valence-corrected chi connectivity index (χ0v) is 26.3. The van der Waals surface area contributed by atoms with Crippen molar-refractivity contribution < 1.29 is 32.6 Å². The van der Waals surface area contributed by atoms with E-state index in [2.05, 4.69) is 15.4 Å². The summed E-state index contributed by atoms with van der Waals surface area (Å²) >= 11 is 0. The predicted molar refractivity (Wildman–Crippen MR) is 167 cm³/mol. The molecule has 2 N–H and O–H groups in total. The van der Waals surface area contributed by atoms with E-state index < -0.39 is 23.8 Å². The number of piperazine rings is 1. The van der Waals surface area contributed by atoms with E-state index >= 15 is 0 Å². The van der Waals surface area contributed by atoms with E-state index in [-0.39, 0.29) is 53.5 Å². The van der Waals surface area contributed by atoms with Crippen molar-refractivity contribution in [3.8, 4) is 17.0 Å². The average molecular weight is 639 g/mol. The van der Waals surface area contributed by atoms with Crippen molar-refractivity contribution in [2.24, 2.45) is 5.92 Å². The number of benzene rings is 2. The molecule has 2 aromatic heterocycles. The monoisotopic (exact) mass is 638 g/mol. The number of carbonyl (C=O) groups is 2. The van der Waals surface area contributed by atoms with Crippen LogP contribution in [0.2, 0.25) is 0 Å². The number of hydrogen-bond acceptors (Lipinski definition) is 7. The van der Waals surface area contributed by atoms with Crippen LogP contribution in [0.1, 0.15) is 54.0 Å². The van der Waals surface area contributed by atoms with Crippen LogP contribution in [-0.4, -0.2) is 80.7 Å². The maximum atomic E-state index is 14.4. The SMILES string of the molecule is COc1ccc(-c2nc3c(C(=O)N4CCN([C@H](CO)c5ccccc5NC(=O)C(C)C)C[C@H]4C)cnn3c(C(F)(F)F)c2C)cc1. The van der Waals surface area contributed by atoms with E-state index in [1.807, 2.05) is 30.0 Å².